The Hall–Kier alpha value is -3.03. The Labute approximate surface area is 203 Å². The van der Waals surface area contributed by atoms with Crippen molar-refractivity contribution in [2.75, 3.05) is 27.3 Å². The van der Waals surface area contributed by atoms with Crippen molar-refractivity contribution < 1.29 is 23.8 Å². The third-order valence-electron chi connectivity index (χ3n) is 7.01. The number of ether oxygens (including phenoxy) is 3. The van der Waals surface area contributed by atoms with E-state index in [0.717, 1.165) is 11.1 Å². The van der Waals surface area contributed by atoms with E-state index in [9.17, 15) is 9.59 Å². The third-order valence-corrected chi connectivity index (χ3v) is 7.38. The molecule has 7 nitrogen and oxygen atoms in total. The predicted octanol–water partition coefficient (Wildman–Crippen LogP) is 3.00. The van der Waals surface area contributed by atoms with Gasteiger partial charge in [-0.25, -0.2) is 0 Å². The number of halogens is 1. The van der Waals surface area contributed by atoms with Gasteiger partial charge in [0, 0.05) is 18.1 Å². The summed E-state index contributed by atoms with van der Waals surface area (Å²) in [6.07, 6.45) is 4.16. The van der Waals surface area contributed by atoms with Gasteiger partial charge in [-0.1, -0.05) is 48.0 Å². The van der Waals surface area contributed by atoms with Gasteiger partial charge in [-0.05, 0) is 35.7 Å². The lowest BCUT2D eigenvalue weighted by Crippen LogP contribution is -2.44. The molecule has 2 aromatic carbocycles. The Balaban J connectivity index is 1.27. The van der Waals surface area contributed by atoms with Crippen LogP contribution in [0.5, 0.6) is 11.5 Å². The van der Waals surface area contributed by atoms with Crippen LogP contribution in [0.2, 0.25) is 5.02 Å². The van der Waals surface area contributed by atoms with Crippen LogP contribution in [-0.4, -0.2) is 55.7 Å². The molecule has 1 N–H and O–H groups in total. The Morgan fingerprint density at radius 3 is 2.76 bits per heavy atom. The van der Waals surface area contributed by atoms with Crippen LogP contribution in [0.4, 0.5) is 0 Å². The lowest BCUT2D eigenvalue weighted by molar-refractivity contribution is -0.137. The number of hydrogen-bond donors (Lipinski definition) is 1. The topological polar surface area (TPSA) is 77.1 Å². The molecule has 3 aliphatic heterocycles. The zero-order valence-electron chi connectivity index (χ0n) is 19.1. The average Bonchev–Trinajstić information content (AvgIpc) is 3.49. The second-order valence-electron chi connectivity index (χ2n) is 8.91. The van der Waals surface area contributed by atoms with E-state index in [1.54, 1.807) is 20.3 Å². The molecule has 5 rings (SSSR count). The van der Waals surface area contributed by atoms with Gasteiger partial charge >= 0.3 is 0 Å². The molecule has 0 radical (unpaired) electrons. The van der Waals surface area contributed by atoms with Gasteiger partial charge in [0.05, 0.1) is 38.7 Å². The summed E-state index contributed by atoms with van der Waals surface area (Å²) >= 11 is 6.22. The summed E-state index contributed by atoms with van der Waals surface area (Å²) in [5, 5.41) is 3.56. The van der Waals surface area contributed by atoms with Crippen LogP contribution in [0.15, 0.2) is 54.6 Å². The van der Waals surface area contributed by atoms with Crippen LogP contribution in [0.25, 0.3) is 0 Å². The highest BCUT2D eigenvalue weighted by molar-refractivity contribution is 6.31. The van der Waals surface area contributed by atoms with Gasteiger partial charge in [0.25, 0.3) is 0 Å². The number of carbonyl (C=O) groups excluding carboxylic acids is 2. The molecule has 2 amide bonds. The largest absolute Gasteiger partial charge is 0.493 e. The summed E-state index contributed by atoms with van der Waals surface area (Å²) < 4.78 is 16.9. The number of nitrogens with zero attached hydrogens (tertiary/aromatic N) is 1. The first-order chi connectivity index (χ1) is 16.5. The normalized spacial score (nSPS) is 26.6. The Bertz CT molecular complexity index is 1150. The highest BCUT2D eigenvalue weighted by Gasteiger charge is 2.66. The van der Waals surface area contributed by atoms with Crippen LogP contribution in [-0.2, 0) is 27.3 Å². The van der Waals surface area contributed by atoms with Crippen LogP contribution >= 0.6 is 11.6 Å². The Kier molecular flexibility index (Phi) is 6.00. The number of methoxy groups -OCH3 is 2. The number of nitrogens with one attached hydrogen (secondary N) is 1. The molecule has 34 heavy (non-hydrogen) atoms. The van der Waals surface area contributed by atoms with E-state index in [1.807, 2.05) is 53.5 Å². The Morgan fingerprint density at radius 2 is 2.00 bits per heavy atom. The SMILES string of the molecule is COc1ccc(CCN2C[C@]34C=C[C@H](O3)[C@H](C(=O)NCc3ccccc3Cl)[C@H]4C2=O)cc1OC. The Morgan fingerprint density at radius 1 is 1.21 bits per heavy atom. The van der Waals surface area contributed by atoms with E-state index in [0.29, 0.717) is 42.6 Å². The lowest BCUT2D eigenvalue weighted by Gasteiger charge is -2.23. The van der Waals surface area contributed by atoms with E-state index in [2.05, 4.69) is 5.32 Å². The number of fused-ring (bicyclic) bond motifs is 1. The molecule has 3 aliphatic rings. The molecule has 8 heteroatoms. The summed E-state index contributed by atoms with van der Waals surface area (Å²) in [7, 11) is 3.20. The smallest absolute Gasteiger partial charge is 0.230 e. The maximum Gasteiger partial charge on any atom is 0.230 e. The second kappa shape index (κ2) is 8.96. The average molecular weight is 483 g/mol. The van der Waals surface area contributed by atoms with Gasteiger partial charge in [0.2, 0.25) is 11.8 Å². The molecule has 0 aliphatic carbocycles. The fourth-order valence-corrected chi connectivity index (χ4v) is 5.51. The first kappa shape index (κ1) is 22.7. The molecule has 2 aromatic rings. The molecule has 0 unspecified atom stereocenters. The van der Waals surface area contributed by atoms with Gasteiger partial charge in [0.15, 0.2) is 11.5 Å². The molecule has 2 bridgehead atoms. The monoisotopic (exact) mass is 482 g/mol. The van der Waals surface area contributed by atoms with Crippen LogP contribution in [0.3, 0.4) is 0 Å². The molecule has 2 saturated heterocycles. The highest BCUT2D eigenvalue weighted by Crippen LogP contribution is 2.51. The standard InChI is InChI=1S/C26H27ClN2O5/c1-32-19-8-7-16(13-21(19)33-2)10-12-29-15-26-11-9-20(34-26)22(23(26)25(29)31)24(30)28-14-17-5-3-4-6-18(17)27/h3-9,11,13,20,22-23H,10,12,14-15H2,1-2H3,(H,28,30)/t20-,22-,23-,26-/m0/s1. The summed E-state index contributed by atoms with van der Waals surface area (Å²) in [5.74, 6) is 0.0353. The summed E-state index contributed by atoms with van der Waals surface area (Å²) in [5.41, 5.74) is 1.14. The van der Waals surface area contributed by atoms with E-state index in [1.165, 1.54) is 0 Å². The van der Waals surface area contributed by atoms with Gasteiger partial charge in [-0.15, -0.1) is 0 Å². The minimum atomic E-state index is -0.730. The van der Waals surface area contributed by atoms with Gasteiger partial charge in [-0.3, -0.25) is 9.59 Å². The van der Waals surface area contributed by atoms with Crippen molar-refractivity contribution in [3.63, 3.8) is 0 Å². The number of rotatable bonds is 8. The first-order valence-electron chi connectivity index (χ1n) is 11.3. The predicted molar refractivity (Wildman–Crippen MR) is 127 cm³/mol. The van der Waals surface area contributed by atoms with Crippen molar-refractivity contribution in [2.24, 2.45) is 11.8 Å². The van der Waals surface area contributed by atoms with Crippen molar-refractivity contribution in [1.29, 1.82) is 0 Å². The van der Waals surface area contributed by atoms with E-state index < -0.39 is 17.4 Å². The molecule has 4 atom stereocenters. The van der Waals surface area contributed by atoms with Gasteiger partial charge in [0.1, 0.15) is 5.60 Å². The zero-order valence-corrected chi connectivity index (χ0v) is 19.9. The van der Waals surface area contributed by atoms with Crippen LogP contribution in [0.1, 0.15) is 11.1 Å². The quantitative estimate of drug-likeness (QED) is 0.585. The fourth-order valence-electron chi connectivity index (χ4n) is 5.31. The number of hydrogen-bond acceptors (Lipinski definition) is 5. The molecule has 3 heterocycles. The zero-order chi connectivity index (χ0) is 23.9. The molecular formula is C26H27ClN2O5. The van der Waals surface area contributed by atoms with Crippen LogP contribution in [0, 0.1) is 11.8 Å². The molecule has 1 spiro atoms. The van der Waals surface area contributed by atoms with Crippen molar-refractivity contribution in [3.05, 3.63) is 70.8 Å². The van der Waals surface area contributed by atoms with Crippen molar-refractivity contribution in [3.8, 4) is 11.5 Å². The maximum absolute atomic E-state index is 13.4. The summed E-state index contributed by atoms with van der Waals surface area (Å²) in [4.78, 5) is 28.4. The lowest BCUT2D eigenvalue weighted by atomic mass is 9.77. The molecular weight excluding hydrogens is 456 g/mol. The molecule has 2 fully saturated rings. The number of amides is 2. The molecule has 0 aromatic heterocycles. The van der Waals surface area contributed by atoms with Crippen molar-refractivity contribution in [1.82, 2.24) is 10.2 Å². The summed E-state index contributed by atoms with van der Waals surface area (Å²) in [6.45, 7) is 1.29. The van der Waals surface area contributed by atoms with E-state index in [4.69, 9.17) is 25.8 Å². The maximum atomic E-state index is 13.4. The number of carbonyl (C=O) groups is 2. The molecule has 178 valence electrons. The number of likely N-dealkylation sites (tertiary alicyclic amines) is 1. The number of benzene rings is 2. The second-order valence-corrected chi connectivity index (χ2v) is 9.32. The third kappa shape index (κ3) is 3.83. The van der Waals surface area contributed by atoms with E-state index in [-0.39, 0.29) is 17.9 Å². The summed E-state index contributed by atoms with van der Waals surface area (Å²) in [6, 6.07) is 13.1. The van der Waals surface area contributed by atoms with Crippen LogP contribution < -0.4 is 14.8 Å². The minimum absolute atomic E-state index is 0.0368. The first-order valence-corrected chi connectivity index (χ1v) is 11.7. The highest BCUT2D eigenvalue weighted by atomic mass is 35.5. The fraction of sp³-hybridized carbons (Fsp3) is 0.385. The van der Waals surface area contributed by atoms with Gasteiger partial charge < -0.3 is 24.4 Å². The van der Waals surface area contributed by atoms with Gasteiger partial charge in [-0.2, -0.15) is 0 Å². The minimum Gasteiger partial charge on any atom is -0.493 e. The van der Waals surface area contributed by atoms with Crippen molar-refractivity contribution >= 4 is 23.4 Å². The van der Waals surface area contributed by atoms with E-state index >= 15 is 0 Å². The molecule has 0 saturated carbocycles. The van der Waals surface area contributed by atoms with Crippen molar-refractivity contribution in [2.45, 2.75) is 24.7 Å².